The maximum Gasteiger partial charge on any atom is 0.0541 e. The third-order valence-corrected chi connectivity index (χ3v) is 14.4. The molecule has 0 bridgehead atoms. The summed E-state index contributed by atoms with van der Waals surface area (Å²) >= 11 is 1.87. The molecule has 2 nitrogen and oxygen atoms in total. The maximum atomic E-state index is 2.44. The molecule has 3 heteroatoms. The highest BCUT2D eigenvalue weighted by atomic mass is 32.1. The van der Waals surface area contributed by atoms with E-state index in [1.807, 2.05) is 11.3 Å². The van der Waals surface area contributed by atoms with Crippen LogP contribution < -0.4 is 0 Å². The summed E-state index contributed by atoms with van der Waals surface area (Å²) in [6.07, 6.45) is 0. The average molecular weight is 791 g/mol. The molecular formula is C58H34N2S. The van der Waals surface area contributed by atoms with Crippen LogP contribution in [0.15, 0.2) is 206 Å². The van der Waals surface area contributed by atoms with Crippen LogP contribution in [0.4, 0.5) is 0 Å². The molecule has 0 amide bonds. The molecule has 282 valence electrons. The molecule has 3 heterocycles. The molecule has 0 radical (unpaired) electrons. The first-order valence-corrected chi connectivity index (χ1v) is 21.8. The Morgan fingerprint density at radius 2 is 0.836 bits per heavy atom. The van der Waals surface area contributed by atoms with E-state index in [4.69, 9.17) is 0 Å². The van der Waals surface area contributed by atoms with Crippen LogP contribution in [-0.2, 0) is 0 Å². The molecule has 0 N–H and O–H groups in total. The molecule has 1 aliphatic carbocycles. The number of benzene rings is 10. The van der Waals surface area contributed by atoms with Gasteiger partial charge in [0.2, 0.25) is 0 Å². The Morgan fingerprint density at radius 1 is 0.279 bits per heavy atom. The van der Waals surface area contributed by atoms with Crippen molar-refractivity contribution in [2.75, 3.05) is 0 Å². The quantitative estimate of drug-likeness (QED) is 0.168. The molecule has 13 aromatic rings. The van der Waals surface area contributed by atoms with Gasteiger partial charge < -0.3 is 9.13 Å². The number of hydrogen-bond acceptors (Lipinski definition) is 1. The number of rotatable bonds is 4. The van der Waals surface area contributed by atoms with Gasteiger partial charge in [0.25, 0.3) is 0 Å². The molecule has 10 aromatic carbocycles. The van der Waals surface area contributed by atoms with Crippen molar-refractivity contribution in [3.05, 3.63) is 206 Å². The summed E-state index contributed by atoms with van der Waals surface area (Å²) in [4.78, 5) is 0. The molecule has 0 saturated carbocycles. The van der Waals surface area contributed by atoms with Crippen LogP contribution in [0.25, 0.3) is 130 Å². The first-order chi connectivity index (χ1) is 30.2. The fourth-order valence-corrected chi connectivity index (χ4v) is 11.6. The van der Waals surface area contributed by atoms with Gasteiger partial charge in [0.15, 0.2) is 0 Å². The third-order valence-electron chi connectivity index (χ3n) is 13.2. The predicted octanol–water partition coefficient (Wildman–Crippen LogP) is 16.4. The summed E-state index contributed by atoms with van der Waals surface area (Å²) in [6, 6.07) is 76.8. The summed E-state index contributed by atoms with van der Waals surface area (Å²) in [5.74, 6) is 0. The van der Waals surface area contributed by atoms with Gasteiger partial charge in [0.1, 0.15) is 0 Å². The summed E-state index contributed by atoms with van der Waals surface area (Å²) in [5.41, 5.74) is 17.4. The van der Waals surface area contributed by atoms with Crippen molar-refractivity contribution in [3.63, 3.8) is 0 Å². The molecule has 61 heavy (non-hydrogen) atoms. The molecule has 0 aliphatic heterocycles. The van der Waals surface area contributed by atoms with Crippen molar-refractivity contribution in [3.8, 4) is 55.9 Å². The van der Waals surface area contributed by atoms with Crippen LogP contribution in [0.1, 0.15) is 0 Å². The van der Waals surface area contributed by atoms with Crippen molar-refractivity contribution < 1.29 is 0 Å². The van der Waals surface area contributed by atoms with Gasteiger partial charge in [0.05, 0.1) is 22.1 Å². The Hall–Kier alpha value is -7.72. The second kappa shape index (κ2) is 12.4. The number of thiophene rings is 1. The Labute approximate surface area is 355 Å². The highest BCUT2D eigenvalue weighted by molar-refractivity contribution is 7.25. The second-order valence-electron chi connectivity index (χ2n) is 16.5. The van der Waals surface area contributed by atoms with Crippen molar-refractivity contribution in [2.24, 2.45) is 0 Å². The van der Waals surface area contributed by atoms with Crippen LogP contribution in [0.5, 0.6) is 0 Å². The predicted molar refractivity (Wildman–Crippen MR) is 261 cm³/mol. The van der Waals surface area contributed by atoms with Crippen molar-refractivity contribution in [1.82, 2.24) is 9.13 Å². The molecule has 0 spiro atoms. The van der Waals surface area contributed by atoms with Gasteiger partial charge in [-0.3, -0.25) is 0 Å². The van der Waals surface area contributed by atoms with Gasteiger partial charge in [0, 0.05) is 53.1 Å². The van der Waals surface area contributed by atoms with Crippen LogP contribution in [0.2, 0.25) is 0 Å². The largest absolute Gasteiger partial charge is 0.309 e. The van der Waals surface area contributed by atoms with E-state index < -0.39 is 0 Å². The first kappa shape index (κ1) is 33.1. The second-order valence-corrected chi connectivity index (χ2v) is 17.6. The minimum Gasteiger partial charge on any atom is -0.309 e. The van der Waals surface area contributed by atoms with Gasteiger partial charge in [-0.1, -0.05) is 121 Å². The molecule has 14 rings (SSSR count). The monoisotopic (exact) mass is 790 g/mol. The van der Waals surface area contributed by atoms with E-state index >= 15 is 0 Å². The molecular weight excluding hydrogens is 757 g/mol. The topological polar surface area (TPSA) is 9.86 Å². The number of aromatic nitrogens is 2. The Balaban J connectivity index is 0.899. The molecule has 0 atom stereocenters. The van der Waals surface area contributed by atoms with Crippen LogP contribution >= 0.6 is 11.3 Å². The zero-order chi connectivity index (χ0) is 39.8. The van der Waals surface area contributed by atoms with E-state index in [9.17, 15) is 0 Å². The van der Waals surface area contributed by atoms with Crippen LogP contribution in [-0.4, -0.2) is 9.13 Å². The van der Waals surface area contributed by atoms with E-state index in [-0.39, 0.29) is 0 Å². The van der Waals surface area contributed by atoms with E-state index in [0.717, 1.165) is 5.69 Å². The van der Waals surface area contributed by atoms with Gasteiger partial charge in [-0.25, -0.2) is 0 Å². The number of fused-ring (bicyclic) bond motifs is 12. The fourth-order valence-electron chi connectivity index (χ4n) is 10.5. The summed E-state index contributed by atoms with van der Waals surface area (Å²) in [6.45, 7) is 0. The van der Waals surface area contributed by atoms with E-state index in [0.29, 0.717) is 0 Å². The van der Waals surface area contributed by atoms with Gasteiger partial charge in [-0.2, -0.15) is 0 Å². The zero-order valence-electron chi connectivity index (χ0n) is 32.9. The van der Waals surface area contributed by atoms with Gasteiger partial charge >= 0.3 is 0 Å². The summed E-state index contributed by atoms with van der Waals surface area (Å²) in [7, 11) is 0. The van der Waals surface area contributed by atoms with E-state index in [1.54, 1.807) is 0 Å². The van der Waals surface area contributed by atoms with Crippen molar-refractivity contribution in [2.45, 2.75) is 0 Å². The lowest BCUT2D eigenvalue weighted by Gasteiger charge is -2.12. The summed E-state index contributed by atoms with van der Waals surface area (Å²) < 4.78 is 7.53. The normalized spacial score (nSPS) is 12.3. The highest BCUT2D eigenvalue weighted by Gasteiger charge is 2.22. The van der Waals surface area contributed by atoms with Gasteiger partial charge in [-0.15, -0.1) is 11.3 Å². The molecule has 0 fully saturated rings. The zero-order valence-corrected chi connectivity index (χ0v) is 33.7. The Kier molecular flexibility index (Phi) is 6.74. The lowest BCUT2D eigenvalue weighted by molar-refractivity contribution is 1.18. The molecule has 0 unspecified atom stereocenters. The minimum absolute atomic E-state index is 1.16. The molecule has 0 saturated heterocycles. The lowest BCUT2D eigenvalue weighted by atomic mass is 9.96. The van der Waals surface area contributed by atoms with E-state index in [2.05, 4.69) is 215 Å². The summed E-state index contributed by atoms with van der Waals surface area (Å²) in [5, 5.41) is 10.3. The maximum absolute atomic E-state index is 2.44. The SMILES string of the molecule is c1cc(-c2cc3c4c(cccc4c2)-c2ccccc2-3)cc(-n2c3ccccc3c3cc(-c4ccc5c(c4)c4ccccc4n5-c4ccc5sc6ccccc6c5c4)ccc32)c1. The van der Waals surface area contributed by atoms with Gasteiger partial charge in [-0.05, 0) is 140 Å². The van der Waals surface area contributed by atoms with Crippen LogP contribution in [0, 0.1) is 0 Å². The number of hydrogen-bond donors (Lipinski definition) is 0. The average Bonchev–Trinajstić information content (AvgIpc) is 4.06. The smallest absolute Gasteiger partial charge is 0.0541 e. The number of nitrogens with zero attached hydrogens (tertiary/aromatic N) is 2. The van der Waals surface area contributed by atoms with Crippen molar-refractivity contribution in [1.29, 1.82) is 0 Å². The van der Waals surface area contributed by atoms with Crippen LogP contribution in [0.3, 0.4) is 0 Å². The Morgan fingerprint density at radius 3 is 1.57 bits per heavy atom. The van der Waals surface area contributed by atoms with Crippen molar-refractivity contribution >= 4 is 85.9 Å². The lowest BCUT2D eigenvalue weighted by Crippen LogP contribution is -1.94. The first-order valence-electron chi connectivity index (χ1n) is 21.0. The fraction of sp³-hybridized carbons (Fsp3) is 0. The van der Waals surface area contributed by atoms with E-state index in [1.165, 1.54) is 125 Å². The minimum atomic E-state index is 1.16. The highest BCUT2D eigenvalue weighted by Crippen LogP contribution is 2.49. The molecule has 3 aromatic heterocycles. The third kappa shape index (κ3) is 4.72. The Bertz CT molecular complexity index is 4010. The standard InChI is InChI=1S/C58H34N2S/c1-2-15-43-42(14-1)47-19-10-12-38-29-39(33-51(43)58(38)47)35-11-9-13-40(30-35)59-52-20-6-3-16-44(52)48-31-36(23-26-54(48)59)37-24-27-55-49(32-37)45-17-4-7-21-53(45)60(55)41-25-28-57-50(34-41)46-18-5-8-22-56(46)61-57/h1-34H. The molecule has 1 aliphatic rings. The number of para-hydroxylation sites is 2.